The number of ether oxygens (including phenoxy) is 3. The standard InChI is InChI=1S/C18H27NO4/c1-21-10-4-3-7-15-8-5-9-16(13-15)17(14-19)18(20)23-12-6-11-22-2/h13H,3-12H2,1-2H3/b17-16-. The van der Waals surface area contributed by atoms with Crippen molar-refractivity contribution in [3.05, 3.63) is 22.8 Å². The second-order valence-electron chi connectivity index (χ2n) is 5.60. The molecule has 5 nitrogen and oxygen atoms in total. The van der Waals surface area contributed by atoms with Crippen molar-refractivity contribution >= 4 is 5.97 Å². The van der Waals surface area contributed by atoms with Crippen LogP contribution < -0.4 is 0 Å². The predicted octanol–water partition coefficient (Wildman–Crippen LogP) is 3.31. The molecule has 1 aliphatic rings. The maximum atomic E-state index is 12.1. The van der Waals surface area contributed by atoms with Crippen molar-refractivity contribution in [2.24, 2.45) is 0 Å². The van der Waals surface area contributed by atoms with Crippen molar-refractivity contribution in [1.29, 1.82) is 5.26 Å². The Labute approximate surface area is 138 Å². The largest absolute Gasteiger partial charge is 0.461 e. The number of carbonyl (C=O) groups is 1. The summed E-state index contributed by atoms with van der Waals surface area (Å²) in [5.74, 6) is -0.518. The molecule has 0 atom stereocenters. The van der Waals surface area contributed by atoms with Crippen LogP contribution in [-0.2, 0) is 19.0 Å². The van der Waals surface area contributed by atoms with Crippen LogP contribution in [0.5, 0.6) is 0 Å². The lowest BCUT2D eigenvalue weighted by atomic mass is 9.90. The number of carbonyl (C=O) groups excluding carboxylic acids is 1. The van der Waals surface area contributed by atoms with Gasteiger partial charge in [0.05, 0.1) is 6.61 Å². The molecular weight excluding hydrogens is 294 g/mol. The molecule has 0 aromatic heterocycles. The monoisotopic (exact) mass is 321 g/mol. The Hall–Kier alpha value is -1.64. The molecule has 0 spiro atoms. The van der Waals surface area contributed by atoms with Crippen molar-refractivity contribution in [2.45, 2.75) is 44.9 Å². The Morgan fingerprint density at radius 1 is 1.13 bits per heavy atom. The van der Waals surface area contributed by atoms with Crippen LogP contribution in [0.25, 0.3) is 0 Å². The van der Waals surface area contributed by atoms with Gasteiger partial charge in [-0.2, -0.15) is 5.26 Å². The van der Waals surface area contributed by atoms with E-state index in [0.29, 0.717) is 13.0 Å². The summed E-state index contributed by atoms with van der Waals surface area (Å²) < 4.78 is 15.1. The van der Waals surface area contributed by atoms with Gasteiger partial charge in [-0.05, 0) is 44.1 Å². The zero-order valence-corrected chi connectivity index (χ0v) is 14.2. The maximum absolute atomic E-state index is 12.1. The van der Waals surface area contributed by atoms with E-state index >= 15 is 0 Å². The molecule has 0 N–H and O–H groups in total. The van der Waals surface area contributed by atoms with Crippen molar-refractivity contribution < 1.29 is 19.0 Å². The molecule has 0 bridgehead atoms. The first-order valence-corrected chi connectivity index (χ1v) is 8.20. The van der Waals surface area contributed by atoms with Crippen LogP contribution in [0.3, 0.4) is 0 Å². The molecule has 1 rings (SSSR count). The summed E-state index contributed by atoms with van der Waals surface area (Å²) in [4.78, 5) is 12.1. The average molecular weight is 321 g/mol. The van der Waals surface area contributed by atoms with Crippen LogP contribution in [0.4, 0.5) is 0 Å². The Bertz CT molecular complexity index is 474. The Morgan fingerprint density at radius 2 is 1.87 bits per heavy atom. The van der Waals surface area contributed by atoms with Gasteiger partial charge in [0.15, 0.2) is 0 Å². The molecule has 0 aliphatic heterocycles. The van der Waals surface area contributed by atoms with E-state index in [0.717, 1.165) is 50.7 Å². The van der Waals surface area contributed by atoms with Crippen LogP contribution in [-0.4, -0.2) is 40.0 Å². The molecule has 0 aromatic carbocycles. The van der Waals surface area contributed by atoms with E-state index in [-0.39, 0.29) is 12.2 Å². The van der Waals surface area contributed by atoms with Gasteiger partial charge in [0.2, 0.25) is 0 Å². The third-order valence-corrected chi connectivity index (χ3v) is 3.78. The molecule has 1 aliphatic carbocycles. The number of unbranched alkanes of at least 4 members (excludes halogenated alkanes) is 1. The summed E-state index contributed by atoms with van der Waals surface area (Å²) >= 11 is 0. The molecule has 0 aromatic rings. The predicted molar refractivity (Wildman–Crippen MR) is 87.8 cm³/mol. The quantitative estimate of drug-likeness (QED) is 0.267. The second kappa shape index (κ2) is 11.9. The highest BCUT2D eigenvalue weighted by Gasteiger charge is 2.18. The molecule has 23 heavy (non-hydrogen) atoms. The van der Waals surface area contributed by atoms with E-state index in [1.165, 1.54) is 5.57 Å². The van der Waals surface area contributed by atoms with Gasteiger partial charge in [-0.1, -0.05) is 11.6 Å². The van der Waals surface area contributed by atoms with Gasteiger partial charge >= 0.3 is 5.97 Å². The van der Waals surface area contributed by atoms with Crippen LogP contribution in [0.15, 0.2) is 22.8 Å². The number of methoxy groups -OCH3 is 2. The summed E-state index contributed by atoms with van der Waals surface area (Å²) in [5.41, 5.74) is 2.27. The maximum Gasteiger partial charge on any atom is 0.349 e. The smallest absolute Gasteiger partial charge is 0.349 e. The fourth-order valence-corrected chi connectivity index (χ4v) is 2.58. The summed E-state index contributed by atoms with van der Waals surface area (Å²) in [7, 11) is 3.31. The van der Waals surface area contributed by atoms with E-state index in [1.54, 1.807) is 14.2 Å². The number of esters is 1. The fraction of sp³-hybridized carbons (Fsp3) is 0.667. The van der Waals surface area contributed by atoms with Gasteiger partial charge < -0.3 is 14.2 Å². The van der Waals surface area contributed by atoms with E-state index in [9.17, 15) is 10.1 Å². The highest BCUT2D eigenvalue weighted by atomic mass is 16.5. The first-order chi connectivity index (χ1) is 11.2. The van der Waals surface area contributed by atoms with Crippen LogP contribution >= 0.6 is 0 Å². The SMILES string of the molecule is COCCCCC1=C/C(=C(/C#N)C(=O)OCCCOC)CCC1. The number of hydrogen-bond donors (Lipinski definition) is 0. The molecule has 128 valence electrons. The fourth-order valence-electron chi connectivity index (χ4n) is 2.58. The first kappa shape index (κ1) is 19.4. The Morgan fingerprint density at radius 3 is 2.57 bits per heavy atom. The molecule has 0 radical (unpaired) electrons. The minimum absolute atomic E-state index is 0.150. The van der Waals surface area contributed by atoms with E-state index < -0.39 is 5.97 Å². The van der Waals surface area contributed by atoms with Gasteiger partial charge in [-0.15, -0.1) is 0 Å². The summed E-state index contributed by atoms with van der Waals surface area (Å²) in [6, 6.07) is 2.02. The first-order valence-electron chi connectivity index (χ1n) is 8.20. The number of nitrogens with zero attached hydrogens (tertiary/aromatic N) is 1. The highest BCUT2D eigenvalue weighted by Crippen LogP contribution is 2.28. The van der Waals surface area contributed by atoms with Crippen molar-refractivity contribution in [2.75, 3.05) is 34.0 Å². The summed E-state index contributed by atoms with van der Waals surface area (Å²) in [5, 5.41) is 9.30. The number of allylic oxidation sites excluding steroid dienone is 3. The number of hydrogen-bond acceptors (Lipinski definition) is 5. The Balaban J connectivity index is 2.63. The zero-order chi connectivity index (χ0) is 16.9. The molecule has 0 saturated heterocycles. The van der Waals surface area contributed by atoms with Gasteiger partial charge in [0.25, 0.3) is 0 Å². The van der Waals surface area contributed by atoms with Gasteiger partial charge in [-0.25, -0.2) is 4.79 Å². The molecule has 0 saturated carbocycles. The normalized spacial score (nSPS) is 16.5. The van der Waals surface area contributed by atoms with Gasteiger partial charge in [-0.3, -0.25) is 0 Å². The summed E-state index contributed by atoms with van der Waals surface area (Å²) in [6.07, 6.45) is 8.52. The van der Waals surface area contributed by atoms with Crippen LogP contribution in [0, 0.1) is 11.3 Å². The third-order valence-electron chi connectivity index (χ3n) is 3.78. The van der Waals surface area contributed by atoms with E-state index in [2.05, 4.69) is 0 Å². The summed E-state index contributed by atoms with van der Waals surface area (Å²) in [6.45, 7) is 1.59. The van der Waals surface area contributed by atoms with Crippen molar-refractivity contribution in [1.82, 2.24) is 0 Å². The van der Waals surface area contributed by atoms with E-state index in [1.807, 2.05) is 12.1 Å². The number of nitriles is 1. The molecular formula is C18H27NO4. The minimum atomic E-state index is -0.518. The lowest BCUT2D eigenvalue weighted by Gasteiger charge is -2.16. The van der Waals surface area contributed by atoms with Crippen LogP contribution in [0.1, 0.15) is 44.9 Å². The molecule has 0 fully saturated rings. The topological polar surface area (TPSA) is 68.5 Å². The van der Waals surface area contributed by atoms with Gasteiger partial charge in [0, 0.05) is 33.9 Å². The van der Waals surface area contributed by atoms with Crippen LogP contribution in [0.2, 0.25) is 0 Å². The molecule has 0 unspecified atom stereocenters. The highest BCUT2D eigenvalue weighted by molar-refractivity contribution is 5.94. The number of rotatable bonds is 10. The molecule has 5 heteroatoms. The zero-order valence-electron chi connectivity index (χ0n) is 14.2. The van der Waals surface area contributed by atoms with Gasteiger partial charge in [0.1, 0.15) is 11.6 Å². The molecule has 0 heterocycles. The van der Waals surface area contributed by atoms with E-state index in [4.69, 9.17) is 14.2 Å². The molecule has 0 amide bonds. The third kappa shape index (κ3) is 7.45. The average Bonchev–Trinajstić information content (AvgIpc) is 2.57. The Kier molecular flexibility index (Phi) is 10.0. The minimum Gasteiger partial charge on any atom is -0.461 e. The van der Waals surface area contributed by atoms with Crippen molar-refractivity contribution in [3.63, 3.8) is 0 Å². The lowest BCUT2D eigenvalue weighted by Crippen LogP contribution is -2.12. The van der Waals surface area contributed by atoms with Crippen molar-refractivity contribution in [3.8, 4) is 6.07 Å². The lowest BCUT2D eigenvalue weighted by molar-refractivity contribution is -0.138. The second-order valence-corrected chi connectivity index (χ2v) is 5.60.